The molecule has 0 aromatic heterocycles. The van der Waals surface area contributed by atoms with E-state index in [2.05, 4.69) is 44.3 Å². The number of hydrogen-bond donors (Lipinski definition) is 1. The maximum atomic E-state index is 5.88. The predicted octanol–water partition coefficient (Wildman–Crippen LogP) is 3.26. The Balaban J connectivity index is 2.33. The van der Waals surface area contributed by atoms with E-state index in [4.69, 9.17) is 4.74 Å². The summed E-state index contributed by atoms with van der Waals surface area (Å²) in [4.78, 5) is 0. The van der Waals surface area contributed by atoms with Gasteiger partial charge in [0.05, 0.1) is 6.61 Å². The first-order valence-electron chi connectivity index (χ1n) is 6.69. The van der Waals surface area contributed by atoms with Crippen molar-refractivity contribution in [3.8, 4) is 5.75 Å². The molecule has 1 atom stereocenters. The quantitative estimate of drug-likeness (QED) is 0.698. The molecule has 1 aromatic rings. The van der Waals surface area contributed by atoms with Gasteiger partial charge < -0.3 is 10.1 Å². The first kappa shape index (κ1) is 14.0. The summed E-state index contributed by atoms with van der Waals surface area (Å²) < 4.78 is 5.88. The van der Waals surface area contributed by atoms with Crippen molar-refractivity contribution in [3.05, 3.63) is 29.8 Å². The predicted molar refractivity (Wildman–Crippen MR) is 73.6 cm³/mol. The molecule has 0 saturated heterocycles. The molecule has 1 unspecified atom stereocenters. The van der Waals surface area contributed by atoms with Crippen LogP contribution in [0.3, 0.4) is 0 Å². The number of aryl methyl sites for hydroxylation is 1. The van der Waals surface area contributed by atoms with E-state index in [1.54, 1.807) is 0 Å². The molecule has 0 aliphatic heterocycles. The molecule has 0 aliphatic carbocycles. The molecule has 1 aromatic carbocycles. The van der Waals surface area contributed by atoms with Crippen LogP contribution >= 0.6 is 0 Å². The zero-order valence-corrected chi connectivity index (χ0v) is 11.3. The Kier molecular flexibility index (Phi) is 6.71. The van der Waals surface area contributed by atoms with Crippen molar-refractivity contribution in [1.29, 1.82) is 0 Å². The third-order valence-electron chi connectivity index (χ3n) is 2.80. The van der Waals surface area contributed by atoms with Crippen LogP contribution in [0.2, 0.25) is 0 Å². The summed E-state index contributed by atoms with van der Waals surface area (Å²) >= 11 is 0. The average molecular weight is 235 g/mol. The molecule has 2 nitrogen and oxygen atoms in total. The van der Waals surface area contributed by atoms with Crippen LogP contribution in [0.4, 0.5) is 0 Å². The van der Waals surface area contributed by atoms with Gasteiger partial charge in [0.1, 0.15) is 5.75 Å². The maximum Gasteiger partial charge on any atom is 0.122 e. The van der Waals surface area contributed by atoms with E-state index in [0.717, 1.165) is 31.9 Å². The van der Waals surface area contributed by atoms with Crippen LogP contribution in [0.15, 0.2) is 24.3 Å². The second-order valence-corrected chi connectivity index (χ2v) is 4.58. The third-order valence-corrected chi connectivity index (χ3v) is 2.80. The summed E-state index contributed by atoms with van der Waals surface area (Å²) in [7, 11) is 0. The van der Waals surface area contributed by atoms with Crippen molar-refractivity contribution in [2.45, 2.75) is 33.6 Å². The topological polar surface area (TPSA) is 21.3 Å². The van der Waals surface area contributed by atoms with E-state index in [9.17, 15) is 0 Å². The smallest absolute Gasteiger partial charge is 0.122 e. The second-order valence-electron chi connectivity index (χ2n) is 4.58. The summed E-state index contributed by atoms with van der Waals surface area (Å²) in [5.41, 5.74) is 1.29. The Bertz CT molecular complexity index is 312. The summed E-state index contributed by atoms with van der Waals surface area (Å²) in [5.74, 6) is 1.59. The highest BCUT2D eigenvalue weighted by atomic mass is 16.5. The van der Waals surface area contributed by atoms with Gasteiger partial charge in [-0.2, -0.15) is 0 Å². The van der Waals surface area contributed by atoms with Crippen molar-refractivity contribution in [3.63, 3.8) is 0 Å². The second kappa shape index (κ2) is 8.13. The summed E-state index contributed by atoms with van der Waals surface area (Å²) in [6.07, 6.45) is 2.21. The largest absolute Gasteiger partial charge is 0.493 e. The zero-order chi connectivity index (χ0) is 12.5. The average Bonchev–Trinajstić information content (AvgIpc) is 2.37. The van der Waals surface area contributed by atoms with Crippen LogP contribution in [0.25, 0.3) is 0 Å². The molecule has 1 rings (SSSR count). The molecule has 96 valence electrons. The molecule has 0 spiro atoms. The van der Waals surface area contributed by atoms with Gasteiger partial charge in [-0.3, -0.25) is 0 Å². The molecule has 0 radical (unpaired) electrons. The lowest BCUT2D eigenvalue weighted by molar-refractivity contribution is 0.254. The number of rotatable bonds is 8. The maximum absolute atomic E-state index is 5.88. The zero-order valence-electron chi connectivity index (χ0n) is 11.3. The minimum absolute atomic E-state index is 0.548. The third kappa shape index (κ3) is 5.22. The van der Waals surface area contributed by atoms with E-state index in [-0.39, 0.29) is 0 Å². The van der Waals surface area contributed by atoms with Crippen molar-refractivity contribution in [2.75, 3.05) is 19.7 Å². The van der Waals surface area contributed by atoms with Gasteiger partial charge in [-0.25, -0.2) is 0 Å². The molecule has 17 heavy (non-hydrogen) atoms. The van der Waals surface area contributed by atoms with Crippen LogP contribution < -0.4 is 10.1 Å². The monoisotopic (exact) mass is 235 g/mol. The van der Waals surface area contributed by atoms with Crippen molar-refractivity contribution >= 4 is 0 Å². The molecule has 0 saturated carbocycles. The van der Waals surface area contributed by atoms with E-state index in [0.29, 0.717) is 5.92 Å². The minimum Gasteiger partial charge on any atom is -0.493 e. The van der Waals surface area contributed by atoms with Crippen molar-refractivity contribution in [2.24, 2.45) is 5.92 Å². The Morgan fingerprint density at radius 3 is 2.71 bits per heavy atom. The SMILES string of the molecule is CCCNCC(C)COc1ccccc1CC. The molecule has 1 N–H and O–H groups in total. The van der Waals surface area contributed by atoms with Crippen LogP contribution in [-0.4, -0.2) is 19.7 Å². The summed E-state index contributed by atoms with van der Waals surface area (Å²) in [6.45, 7) is 9.48. The Morgan fingerprint density at radius 2 is 2.00 bits per heavy atom. The highest BCUT2D eigenvalue weighted by Crippen LogP contribution is 2.18. The van der Waals surface area contributed by atoms with Gasteiger partial charge >= 0.3 is 0 Å². The van der Waals surface area contributed by atoms with E-state index < -0.39 is 0 Å². The Hall–Kier alpha value is -1.02. The number of nitrogens with one attached hydrogen (secondary N) is 1. The van der Waals surface area contributed by atoms with Crippen molar-refractivity contribution in [1.82, 2.24) is 5.32 Å². The van der Waals surface area contributed by atoms with E-state index >= 15 is 0 Å². The van der Waals surface area contributed by atoms with Crippen LogP contribution in [0, 0.1) is 5.92 Å². The first-order valence-corrected chi connectivity index (χ1v) is 6.69. The van der Waals surface area contributed by atoms with Gasteiger partial charge in [-0.15, -0.1) is 0 Å². The van der Waals surface area contributed by atoms with Gasteiger partial charge in [0.25, 0.3) is 0 Å². The molecule has 2 heteroatoms. The van der Waals surface area contributed by atoms with Crippen LogP contribution in [0.1, 0.15) is 32.8 Å². The number of para-hydroxylation sites is 1. The van der Waals surface area contributed by atoms with Gasteiger partial charge in [0, 0.05) is 12.5 Å². The number of ether oxygens (including phenoxy) is 1. The fourth-order valence-electron chi connectivity index (χ4n) is 1.75. The van der Waals surface area contributed by atoms with Crippen LogP contribution in [-0.2, 0) is 6.42 Å². The van der Waals surface area contributed by atoms with Crippen LogP contribution in [0.5, 0.6) is 5.75 Å². The first-order chi connectivity index (χ1) is 8.27. The standard InChI is InChI=1S/C15H25NO/c1-4-10-16-11-13(3)12-17-15-9-7-6-8-14(15)5-2/h6-9,13,16H,4-5,10-12H2,1-3H3. The molecular weight excluding hydrogens is 210 g/mol. The number of hydrogen-bond acceptors (Lipinski definition) is 2. The molecule has 0 amide bonds. The van der Waals surface area contributed by atoms with Crippen molar-refractivity contribution < 1.29 is 4.74 Å². The van der Waals surface area contributed by atoms with Gasteiger partial charge in [-0.05, 0) is 31.0 Å². The number of benzene rings is 1. The highest BCUT2D eigenvalue weighted by molar-refractivity contribution is 5.33. The highest BCUT2D eigenvalue weighted by Gasteiger charge is 2.05. The van der Waals surface area contributed by atoms with E-state index in [1.807, 2.05) is 6.07 Å². The van der Waals surface area contributed by atoms with E-state index in [1.165, 1.54) is 12.0 Å². The fourth-order valence-corrected chi connectivity index (χ4v) is 1.75. The molecule has 0 fully saturated rings. The molecule has 0 bridgehead atoms. The van der Waals surface area contributed by atoms with Gasteiger partial charge in [0.15, 0.2) is 0 Å². The lowest BCUT2D eigenvalue weighted by atomic mass is 10.1. The summed E-state index contributed by atoms with van der Waals surface area (Å²) in [6, 6.07) is 8.30. The van der Waals surface area contributed by atoms with Gasteiger partial charge in [0.2, 0.25) is 0 Å². The molecule has 0 heterocycles. The molecular formula is C15H25NO. The van der Waals surface area contributed by atoms with Gasteiger partial charge in [-0.1, -0.05) is 39.0 Å². The Morgan fingerprint density at radius 1 is 1.24 bits per heavy atom. The normalized spacial score (nSPS) is 12.4. The molecule has 0 aliphatic rings. The summed E-state index contributed by atoms with van der Waals surface area (Å²) in [5, 5.41) is 3.42. The Labute approximate surface area is 105 Å². The minimum atomic E-state index is 0.548. The lowest BCUT2D eigenvalue weighted by Crippen LogP contribution is -2.25. The fraction of sp³-hybridized carbons (Fsp3) is 0.600. The lowest BCUT2D eigenvalue weighted by Gasteiger charge is -2.15.